The van der Waals surface area contributed by atoms with Gasteiger partial charge < -0.3 is 0 Å². The van der Waals surface area contributed by atoms with E-state index in [1.54, 1.807) is 0 Å². The summed E-state index contributed by atoms with van der Waals surface area (Å²) >= 11 is 0. The molecule has 11 rings (SSSR count). The van der Waals surface area contributed by atoms with Crippen molar-refractivity contribution >= 4 is 10.8 Å². The average molecular weight is 763 g/mol. The second-order valence-electron chi connectivity index (χ2n) is 15.1. The lowest BCUT2D eigenvalue weighted by atomic mass is 9.82. The molecule has 278 valence electrons. The van der Waals surface area contributed by atoms with Crippen LogP contribution in [0.25, 0.3) is 112 Å². The number of fused-ring (bicyclic) bond motifs is 3. The van der Waals surface area contributed by atoms with E-state index < -0.39 is 0 Å². The Hall–Kier alpha value is -8.26. The van der Waals surface area contributed by atoms with Crippen LogP contribution in [0.3, 0.4) is 0 Å². The van der Waals surface area contributed by atoms with Gasteiger partial charge in [0.05, 0.1) is 11.6 Å². The number of hydrogen-bond donors (Lipinski definition) is 0. The molecule has 0 unspecified atom stereocenters. The molecule has 0 fully saturated rings. The number of hydrogen-bond acceptors (Lipinski definition) is 4. The van der Waals surface area contributed by atoms with Gasteiger partial charge in [0.1, 0.15) is 0 Å². The Kier molecular flexibility index (Phi) is 8.50. The third-order valence-electron chi connectivity index (χ3n) is 11.5. The highest BCUT2D eigenvalue weighted by Gasteiger charge is 2.30. The standard InChI is InChI=1S/C56H34N4/c57-35-36-25-27-37(28-26-36)44-21-10-22-45(33-44)56-59-54(42-17-8-3-9-18-42)58-55(60-56)43-31-29-39(30-32-43)48-34-49(38-13-4-1-5-14-38)52-46-23-11-19-40-20-12-24-47(50(40)46)53(52)51(48)41-15-6-2-7-16-41/h1-34H. The Morgan fingerprint density at radius 3 is 1.38 bits per heavy atom. The van der Waals surface area contributed by atoms with E-state index in [0.29, 0.717) is 23.0 Å². The minimum Gasteiger partial charge on any atom is -0.208 e. The molecule has 0 N–H and O–H groups in total. The first kappa shape index (κ1) is 34.9. The molecule has 9 aromatic carbocycles. The summed E-state index contributed by atoms with van der Waals surface area (Å²) in [6, 6.07) is 74.1. The minimum absolute atomic E-state index is 0.588. The Morgan fingerprint density at radius 1 is 0.300 bits per heavy atom. The van der Waals surface area contributed by atoms with Gasteiger partial charge in [-0.2, -0.15) is 5.26 Å². The molecular weight excluding hydrogens is 729 g/mol. The molecule has 0 saturated heterocycles. The lowest BCUT2D eigenvalue weighted by Gasteiger charge is -2.21. The van der Waals surface area contributed by atoms with Gasteiger partial charge in [0.15, 0.2) is 17.5 Å². The summed E-state index contributed by atoms with van der Waals surface area (Å²) in [7, 11) is 0. The molecule has 0 spiro atoms. The maximum absolute atomic E-state index is 9.34. The van der Waals surface area contributed by atoms with Crippen molar-refractivity contribution in [2.75, 3.05) is 0 Å². The highest BCUT2D eigenvalue weighted by molar-refractivity contribution is 6.22. The quantitative estimate of drug-likeness (QED) is 0.162. The van der Waals surface area contributed by atoms with Gasteiger partial charge in [-0.15, -0.1) is 0 Å². The normalized spacial score (nSPS) is 11.3. The molecule has 1 aliphatic carbocycles. The molecule has 0 radical (unpaired) electrons. The van der Waals surface area contributed by atoms with Crippen molar-refractivity contribution in [3.05, 3.63) is 212 Å². The lowest BCUT2D eigenvalue weighted by Crippen LogP contribution is -2.00. The van der Waals surface area contributed by atoms with Crippen LogP contribution in [0.4, 0.5) is 0 Å². The molecule has 0 atom stereocenters. The fourth-order valence-corrected chi connectivity index (χ4v) is 8.69. The van der Waals surface area contributed by atoms with Crippen molar-refractivity contribution in [1.82, 2.24) is 15.0 Å². The molecular formula is C56H34N4. The SMILES string of the molecule is N#Cc1ccc(-c2cccc(-c3nc(-c4ccccc4)nc(-c4ccc(-c5cc(-c6ccccc6)c6c(c5-c5ccccc5)-c5cccc7cccc-6c57)cc4)n3)c2)cc1. The summed E-state index contributed by atoms with van der Waals surface area (Å²) in [6.07, 6.45) is 0. The van der Waals surface area contributed by atoms with E-state index in [1.165, 1.54) is 55.3 Å². The van der Waals surface area contributed by atoms with Crippen LogP contribution in [0.5, 0.6) is 0 Å². The smallest absolute Gasteiger partial charge is 0.164 e. The Balaban J connectivity index is 1.08. The molecule has 1 aliphatic rings. The fourth-order valence-electron chi connectivity index (χ4n) is 8.69. The summed E-state index contributed by atoms with van der Waals surface area (Å²) in [5, 5.41) is 11.9. The number of aromatic nitrogens is 3. The van der Waals surface area contributed by atoms with Crippen LogP contribution in [-0.2, 0) is 0 Å². The molecule has 1 aromatic heterocycles. The average Bonchev–Trinajstić information content (AvgIpc) is 3.67. The predicted molar refractivity (Wildman–Crippen MR) is 245 cm³/mol. The summed E-state index contributed by atoms with van der Waals surface area (Å²) < 4.78 is 0. The van der Waals surface area contributed by atoms with E-state index in [9.17, 15) is 5.26 Å². The molecule has 60 heavy (non-hydrogen) atoms. The third-order valence-corrected chi connectivity index (χ3v) is 11.5. The maximum atomic E-state index is 9.34. The van der Waals surface area contributed by atoms with Gasteiger partial charge in [0.2, 0.25) is 0 Å². The zero-order chi connectivity index (χ0) is 40.0. The minimum atomic E-state index is 0.588. The van der Waals surface area contributed by atoms with E-state index in [1.807, 2.05) is 66.7 Å². The number of benzene rings is 9. The van der Waals surface area contributed by atoms with Gasteiger partial charge in [-0.3, -0.25) is 0 Å². The molecule has 1 heterocycles. The molecule has 0 bridgehead atoms. The first-order chi connectivity index (χ1) is 29.7. The van der Waals surface area contributed by atoms with Crippen LogP contribution < -0.4 is 0 Å². The van der Waals surface area contributed by atoms with Crippen LogP contribution in [0, 0.1) is 11.3 Å². The predicted octanol–water partition coefficient (Wildman–Crippen LogP) is 14.2. The number of nitrogens with zero attached hydrogens (tertiary/aromatic N) is 4. The van der Waals surface area contributed by atoms with E-state index in [-0.39, 0.29) is 0 Å². The second-order valence-corrected chi connectivity index (χ2v) is 15.1. The topological polar surface area (TPSA) is 62.5 Å². The fraction of sp³-hybridized carbons (Fsp3) is 0. The largest absolute Gasteiger partial charge is 0.208 e. The van der Waals surface area contributed by atoms with Crippen LogP contribution in [0.15, 0.2) is 206 Å². The lowest BCUT2D eigenvalue weighted by molar-refractivity contribution is 1.07. The van der Waals surface area contributed by atoms with Crippen molar-refractivity contribution in [1.29, 1.82) is 5.26 Å². The first-order valence-corrected chi connectivity index (χ1v) is 20.1. The van der Waals surface area contributed by atoms with Crippen LogP contribution >= 0.6 is 0 Å². The Morgan fingerprint density at radius 2 is 0.750 bits per heavy atom. The van der Waals surface area contributed by atoms with Crippen molar-refractivity contribution in [2.45, 2.75) is 0 Å². The monoisotopic (exact) mass is 762 g/mol. The van der Waals surface area contributed by atoms with Gasteiger partial charge in [-0.25, -0.2) is 15.0 Å². The highest BCUT2D eigenvalue weighted by Crippen LogP contribution is 2.57. The summed E-state index contributed by atoms with van der Waals surface area (Å²) in [5.41, 5.74) is 17.5. The number of nitriles is 1. The second kappa shape index (κ2) is 14.6. The van der Waals surface area contributed by atoms with Crippen molar-refractivity contribution in [2.24, 2.45) is 0 Å². The van der Waals surface area contributed by atoms with Crippen molar-refractivity contribution < 1.29 is 0 Å². The van der Waals surface area contributed by atoms with Crippen LogP contribution in [0.1, 0.15) is 5.56 Å². The molecule has 0 amide bonds. The van der Waals surface area contributed by atoms with Gasteiger partial charge in [-0.05, 0) is 102 Å². The van der Waals surface area contributed by atoms with Crippen LogP contribution in [0.2, 0.25) is 0 Å². The summed E-state index contributed by atoms with van der Waals surface area (Å²) in [6.45, 7) is 0. The van der Waals surface area contributed by atoms with Gasteiger partial charge in [-0.1, -0.05) is 182 Å². The molecule has 0 saturated carbocycles. The third kappa shape index (κ3) is 6.05. The summed E-state index contributed by atoms with van der Waals surface area (Å²) in [5.74, 6) is 1.79. The Labute approximate surface area is 348 Å². The van der Waals surface area contributed by atoms with Gasteiger partial charge >= 0.3 is 0 Å². The van der Waals surface area contributed by atoms with Gasteiger partial charge in [0.25, 0.3) is 0 Å². The molecule has 10 aromatic rings. The van der Waals surface area contributed by atoms with E-state index >= 15 is 0 Å². The summed E-state index contributed by atoms with van der Waals surface area (Å²) in [4.78, 5) is 15.2. The van der Waals surface area contributed by atoms with E-state index in [2.05, 4.69) is 146 Å². The Bertz CT molecular complexity index is 3270. The highest BCUT2D eigenvalue weighted by atomic mass is 15.0. The van der Waals surface area contributed by atoms with Gasteiger partial charge in [0, 0.05) is 16.7 Å². The van der Waals surface area contributed by atoms with Crippen molar-refractivity contribution in [3.8, 4) is 107 Å². The van der Waals surface area contributed by atoms with E-state index in [4.69, 9.17) is 15.0 Å². The zero-order valence-electron chi connectivity index (χ0n) is 32.4. The van der Waals surface area contributed by atoms with E-state index in [0.717, 1.165) is 38.9 Å². The maximum Gasteiger partial charge on any atom is 0.164 e. The molecule has 4 heteroatoms. The number of rotatable bonds is 7. The zero-order valence-corrected chi connectivity index (χ0v) is 32.4. The van der Waals surface area contributed by atoms with Crippen molar-refractivity contribution in [3.63, 3.8) is 0 Å². The van der Waals surface area contributed by atoms with Crippen LogP contribution in [-0.4, -0.2) is 15.0 Å². The first-order valence-electron chi connectivity index (χ1n) is 20.1. The molecule has 0 aliphatic heterocycles. The molecule has 4 nitrogen and oxygen atoms in total.